The zero-order valence-corrected chi connectivity index (χ0v) is 21.7. The van der Waals surface area contributed by atoms with E-state index >= 15 is 0 Å². The third kappa shape index (κ3) is 5.07. The van der Waals surface area contributed by atoms with Crippen LogP contribution in [0.2, 0.25) is 0 Å². The predicted molar refractivity (Wildman–Crippen MR) is 141 cm³/mol. The zero-order chi connectivity index (χ0) is 23.8. The molecule has 174 valence electrons. The molecular weight excluding hydrogens is 474 g/mol. The number of aliphatic imine (C=N–C) groups is 1. The van der Waals surface area contributed by atoms with Crippen LogP contribution >= 0.6 is 35.2 Å². The standard InChI is InChI=1S/C23H27N5O2S3/c1-23(2,3)10-11-28-22(30)18(20(29)19(25-28)16-7-6-12-32-16)21-24-15-9-8-14(27(4)31-5)13-17(15)33-26-21/h6-9,12-13,29H,10-11H2,1-5H3,(H,24,26). The number of benzene rings is 1. The number of rotatable bonds is 6. The van der Waals surface area contributed by atoms with Crippen molar-refractivity contribution in [1.29, 1.82) is 0 Å². The molecule has 1 aliphatic heterocycles. The van der Waals surface area contributed by atoms with Crippen LogP contribution in [0.3, 0.4) is 0 Å². The number of hydrogen-bond donors (Lipinski definition) is 2. The molecule has 0 radical (unpaired) electrons. The Morgan fingerprint density at radius 2 is 2.06 bits per heavy atom. The summed E-state index contributed by atoms with van der Waals surface area (Å²) in [6.45, 7) is 6.84. The molecular formula is C23H27N5O2S3. The van der Waals surface area contributed by atoms with E-state index in [1.54, 1.807) is 11.9 Å². The summed E-state index contributed by atoms with van der Waals surface area (Å²) in [6.07, 6.45) is 2.79. The molecule has 3 aromatic rings. The van der Waals surface area contributed by atoms with E-state index in [-0.39, 0.29) is 22.3 Å². The Labute approximate surface area is 206 Å². The molecule has 3 heterocycles. The van der Waals surface area contributed by atoms with Gasteiger partial charge in [-0.05, 0) is 53.4 Å². The fourth-order valence-electron chi connectivity index (χ4n) is 3.28. The van der Waals surface area contributed by atoms with Crippen LogP contribution in [0.1, 0.15) is 32.8 Å². The van der Waals surface area contributed by atoms with Crippen molar-refractivity contribution < 1.29 is 5.11 Å². The summed E-state index contributed by atoms with van der Waals surface area (Å²) in [6, 6.07) is 9.76. The Morgan fingerprint density at radius 1 is 1.27 bits per heavy atom. The Hall–Kier alpha value is -2.43. The molecule has 0 saturated heterocycles. The molecule has 10 heteroatoms. The minimum absolute atomic E-state index is 0.0410. The van der Waals surface area contributed by atoms with Gasteiger partial charge < -0.3 is 14.1 Å². The summed E-state index contributed by atoms with van der Waals surface area (Å²) < 4.78 is 6.69. The van der Waals surface area contributed by atoms with Gasteiger partial charge in [0.2, 0.25) is 0 Å². The second-order valence-electron chi connectivity index (χ2n) is 8.89. The van der Waals surface area contributed by atoms with Gasteiger partial charge in [-0.1, -0.05) is 38.8 Å². The van der Waals surface area contributed by atoms with Crippen LogP contribution in [0.15, 0.2) is 50.4 Å². The predicted octanol–water partition coefficient (Wildman–Crippen LogP) is 5.52. The monoisotopic (exact) mass is 501 g/mol. The van der Waals surface area contributed by atoms with E-state index in [9.17, 15) is 9.90 Å². The lowest BCUT2D eigenvalue weighted by Crippen LogP contribution is -2.34. The van der Waals surface area contributed by atoms with E-state index in [2.05, 4.69) is 41.0 Å². The lowest BCUT2D eigenvalue weighted by atomic mass is 9.92. The van der Waals surface area contributed by atoms with Crippen LogP contribution in [-0.2, 0) is 6.54 Å². The van der Waals surface area contributed by atoms with Gasteiger partial charge >= 0.3 is 0 Å². The molecule has 0 atom stereocenters. The summed E-state index contributed by atoms with van der Waals surface area (Å²) >= 11 is 4.48. The lowest BCUT2D eigenvalue weighted by molar-refractivity contribution is 0.335. The fourth-order valence-corrected chi connectivity index (χ4v) is 5.07. The number of aromatic nitrogens is 2. The van der Waals surface area contributed by atoms with Gasteiger partial charge in [0.1, 0.15) is 11.3 Å². The molecule has 7 nitrogen and oxygen atoms in total. The van der Waals surface area contributed by atoms with Crippen LogP contribution in [-0.4, -0.2) is 34.0 Å². The minimum Gasteiger partial charge on any atom is -0.505 e. The second kappa shape index (κ2) is 9.44. The maximum atomic E-state index is 13.4. The van der Waals surface area contributed by atoms with Crippen molar-refractivity contribution in [3.8, 4) is 16.3 Å². The molecule has 4 rings (SSSR count). The topological polar surface area (TPSA) is 82.8 Å². The molecule has 1 aliphatic rings. The van der Waals surface area contributed by atoms with Crippen LogP contribution in [0.4, 0.5) is 11.4 Å². The first-order chi connectivity index (χ1) is 15.7. The van der Waals surface area contributed by atoms with Crippen molar-refractivity contribution in [2.75, 3.05) is 17.6 Å². The highest BCUT2D eigenvalue weighted by atomic mass is 32.2. The van der Waals surface area contributed by atoms with Crippen LogP contribution < -0.4 is 14.6 Å². The molecule has 33 heavy (non-hydrogen) atoms. The first kappa shape index (κ1) is 23.7. The smallest absolute Gasteiger partial charge is 0.281 e. The van der Waals surface area contributed by atoms with E-state index in [1.165, 1.54) is 28.0 Å². The molecule has 0 aliphatic carbocycles. The number of aromatic hydroxyl groups is 1. The van der Waals surface area contributed by atoms with Gasteiger partial charge in [-0.25, -0.2) is 9.67 Å². The summed E-state index contributed by atoms with van der Waals surface area (Å²) in [5.74, 6) is 0.189. The van der Waals surface area contributed by atoms with E-state index in [0.717, 1.165) is 27.6 Å². The summed E-state index contributed by atoms with van der Waals surface area (Å²) in [7, 11) is 2.00. The van der Waals surface area contributed by atoms with Crippen molar-refractivity contribution >= 4 is 52.4 Å². The van der Waals surface area contributed by atoms with Crippen LogP contribution in [0.5, 0.6) is 5.75 Å². The normalized spacial score (nSPS) is 13.3. The highest BCUT2D eigenvalue weighted by Gasteiger charge is 2.26. The Morgan fingerprint density at radius 3 is 2.73 bits per heavy atom. The van der Waals surface area contributed by atoms with Gasteiger partial charge in [0.15, 0.2) is 11.6 Å². The van der Waals surface area contributed by atoms with Gasteiger partial charge in [0.25, 0.3) is 5.56 Å². The number of hydrogen-bond acceptors (Lipinski definition) is 9. The molecule has 0 bridgehead atoms. The average molecular weight is 502 g/mol. The zero-order valence-electron chi connectivity index (χ0n) is 19.2. The van der Waals surface area contributed by atoms with E-state index in [0.29, 0.717) is 18.1 Å². The second-order valence-corrected chi connectivity index (χ2v) is 11.6. The van der Waals surface area contributed by atoms with Gasteiger partial charge in [0.05, 0.1) is 15.5 Å². The largest absolute Gasteiger partial charge is 0.505 e. The lowest BCUT2D eigenvalue weighted by Gasteiger charge is -2.22. The Kier molecular flexibility index (Phi) is 6.78. The van der Waals surface area contributed by atoms with Gasteiger partial charge in [-0.15, -0.1) is 11.3 Å². The molecule has 2 N–H and O–H groups in total. The number of fused-ring (bicyclic) bond motifs is 1. The fraction of sp³-hybridized carbons (Fsp3) is 0.348. The SMILES string of the molecule is CSN(C)c1ccc2c(c1)SNC(c1c(O)c(-c3cccs3)nn(CCC(C)(C)C)c1=O)=N2. The third-order valence-electron chi connectivity index (χ3n) is 5.27. The van der Waals surface area contributed by atoms with Crippen molar-refractivity contribution in [2.45, 2.75) is 38.6 Å². The number of aryl methyl sites for hydroxylation is 1. The number of nitrogens with one attached hydrogen (secondary N) is 1. The molecule has 2 aromatic heterocycles. The maximum absolute atomic E-state index is 13.4. The summed E-state index contributed by atoms with van der Waals surface area (Å²) in [5.41, 5.74) is 2.04. The molecule has 1 aromatic carbocycles. The minimum atomic E-state index is -0.355. The van der Waals surface area contributed by atoms with E-state index in [1.807, 2.05) is 42.9 Å². The Balaban J connectivity index is 1.82. The average Bonchev–Trinajstić information content (AvgIpc) is 3.31. The van der Waals surface area contributed by atoms with Crippen molar-refractivity contribution in [2.24, 2.45) is 10.4 Å². The van der Waals surface area contributed by atoms with Gasteiger partial charge in [-0.3, -0.25) is 4.79 Å². The number of nitrogens with zero attached hydrogens (tertiary/aromatic N) is 4. The van der Waals surface area contributed by atoms with E-state index in [4.69, 9.17) is 4.99 Å². The number of anilines is 1. The first-order valence-electron chi connectivity index (χ1n) is 10.5. The summed E-state index contributed by atoms with van der Waals surface area (Å²) in [4.78, 5) is 19.9. The molecule has 0 saturated carbocycles. The van der Waals surface area contributed by atoms with Crippen LogP contribution in [0.25, 0.3) is 10.6 Å². The first-order valence-corrected chi connectivity index (χ1v) is 13.4. The number of thiophene rings is 1. The highest BCUT2D eigenvalue weighted by Crippen LogP contribution is 2.38. The van der Waals surface area contributed by atoms with Crippen molar-refractivity contribution in [3.63, 3.8) is 0 Å². The van der Waals surface area contributed by atoms with Gasteiger partial charge in [0, 0.05) is 25.5 Å². The third-order valence-corrected chi connectivity index (χ3v) is 7.74. The highest BCUT2D eigenvalue weighted by molar-refractivity contribution is 8.00. The molecule has 0 amide bonds. The van der Waals surface area contributed by atoms with Crippen molar-refractivity contribution in [1.82, 2.24) is 14.5 Å². The summed E-state index contributed by atoms with van der Waals surface area (Å²) in [5, 5.41) is 17.6. The van der Waals surface area contributed by atoms with Crippen molar-refractivity contribution in [3.05, 3.63) is 51.6 Å². The van der Waals surface area contributed by atoms with Gasteiger partial charge in [-0.2, -0.15) is 5.10 Å². The number of amidine groups is 1. The quantitative estimate of drug-likeness (QED) is 0.431. The maximum Gasteiger partial charge on any atom is 0.281 e. The van der Waals surface area contributed by atoms with E-state index < -0.39 is 0 Å². The molecule has 0 unspecified atom stereocenters. The molecule has 0 spiro atoms. The molecule has 0 fully saturated rings. The Bertz CT molecular complexity index is 1250. The van der Waals surface area contributed by atoms with Crippen LogP contribution in [0, 0.1) is 5.41 Å².